The van der Waals surface area contributed by atoms with Gasteiger partial charge in [0.1, 0.15) is 0 Å². The second-order valence-electron chi connectivity index (χ2n) is 3.92. The van der Waals surface area contributed by atoms with E-state index in [4.69, 9.17) is 0 Å². The maximum atomic E-state index is 9.63. The second kappa shape index (κ2) is 5.54. The first-order valence-corrected chi connectivity index (χ1v) is 4.99. The van der Waals surface area contributed by atoms with Crippen molar-refractivity contribution in [1.82, 2.24) is 15.3 Å². The van der Waals surface area contributed by atoms with Crippen molar-refractivity contribution in [2.45, 2.75) is 18.9 Å². The lowest BCUT2D eigenvalue weighted by Gasteiger charge is -2.21. The number of aliphatic hydroxyl groups is 1. The lowest BCUT2D eigenvalue weighted by atomic mass is 10.3. The van der Waals surface area contributed by atoms with Gasteiger partial charge in [-0.2, -0.15) is 0 Å². The SMILES string of the molecule is CN(C)NCC(O)CN1CCCC1. The number of nitrogens with zero attached hydrogens (tertiary/aromatic N) is 2. The van der Waals surface area contributed by atoms with Crippen LogP contribution in [-0.4, -0.2) is 61.4 Å². The lowest BCUT2D eigenvalue weighted by molar-refractivity contribution is 0.103. The van der Waals surface area contributed by atoms with Crippen molar-refractivity contribution in [1.29, 1.82) is 0 Å². The predicted molar refractivity (Wildman–Crippen MR) is 53.4 cm³/mol. The fourth-order valence-corrected chi connectivity index (χ4v) is 1.62. The zero-order chi connectivity index (χ0) is 9.68. The first-order chi connectivity index (χ1) is 6.18. The van der Waals surface area contributed by atoms with Crippen LogP contribution < -0.4 is 5.43 Å². The molecule has 4 nitrogen and oxygen atoms in total. The van der Waals surface area contributed by atoms with Crippen LogP contribution in [0.2, 0.25) is 0 Å². The van der Waals surface area contributed by atoms with E-state index in [1.807, 2.05) is 19.1 Å². The van der Waals surface area contributed by atoms with Crippen molar-refractivity contribution >= 4 is 0 Å². The maximum absolute atomic E-state index is 9.63. The Morgan fingerprint density at radius 2 is 2.00 bits per heavy atom. The summed E-state index contributed by atoms with van der Waals surface area (Å²) in [6.45, 7) is 3.75. The van der Waals surface area contributed by atoms with Gasteiger partial charge < -0.3 is 10.0 Å². The molecule has 0 aromatic heterocycles. The molecule has 1 fully saturated rings. The molecule has 13 heavy (non-hydrogen) atoms. The summed E-state index contributed by atoms with van der Waals surface area (Å²) in [5.41, 5.74) is 3.08. The average Bonchev–Trinajstić information content (AvgIpc) is 2.53. The minimum atomic E-state index is -0.250. The normalized spacial score (nSPS) is 21.2. The quantitative estimate of drug-likeness (QED) is 0.570. The highest BCUT2D eigenvalue weighted by molar-refractivity contribution is 4.70. The van der Waals surface area contributed by atoms with E-state index >= 15 is 0 Å². The summed E-state index contributed by atoms with van der Waals surface area (Å²) in [6.07, 6.45) is 2.32. The Hall–Kier alpha value is -0.160. The number of nitrogens with one attached hydrogen (secondary N) is 1. The van der Waals surface area contributed by atoms with E-state index in [1.54, 1.807) is 0 Å². The molecular weight excluding hydrogens is 166 g/mol. The van der Waals surface area contributed by atoms with Crippen LogP contribution in [0.1, 0.15) is 12.8 Å². The molecule has 78 valence electrons. The lowest BCUT2D eigenvalue weighted by Crippen LogP contribution is -2.41. The molecule has 1 unspecified atom stereocenters. The van der Waals surface area contributed by atoms with Crippen LogP contribution in [0.15, 0.2) is 0 Å². The third-order valence-electron chi connectivity index (χ3n) is 2.31. The van der Waals surface area contributed by atoms with Crippen molar-refractivity contribution in [3.8, 4) is 0 Å². The van der Waals surface area contributed by atoms with E-state index in [-0.39, 0.29) is 6.10 Å². The molecule has 0 bridgehead atoms. The molecule has 0 aliphatic carbocycles. The number of β-amino-alcohol motifs (C(OH)–C–C–N with tert-alkyl or cyclic N) is 1. The van der Waals surface area contributed by atoms with Crippen LogP contribution in [0.25, 0.3) is 0 Å². The van der Waals surface area contributed by atoms with E-state index in [0.717, 1.165) is 19.6 Å². The number of aliphatic hydroxyl groups excluding tert-OH is 1. The summed E-state index contributed by atoms with van der Waals surface area (Å²) in [4.78, 5) is 2.32. The summed E-state index contributed by atoms with van der Waals surface area (Å²) in [5.74, 6) is 0. The zero-order valence-electron chi connectivity index (χ0n) is 8.66. The van der Waals surface area contributed by atoms with Gasteiger partial charge in [0.25, 0.3) is 0 Å². The van der Waals surface area contributed by atoms with Gasteiger partial charge >= 0.3 is 0 Å². The highest BCUT2D eigenvalue weighted by atomic mass is 16.3. The van der Waals surface area contributed by atoms with E-state index in [2.05, 4.69) is 10.3 Å². The Morgan fingerprint density at radius 1 is 1.38 bits per heavy atom. The second-order valence-corrected chi connectivity index (χ2v) is 3.92. The van der Waals surface area contributed by atoms with Crippen LogP contribution in [-0.2, 0) is 0 Å². The molecule has 0 saturated carbocycles. The minimum Gasteiger partial charge on any atom is -0.390 e. The first-order valence-electron chi connectivity index (χ1n) is 4.99. The van der Waals surface area contributed by atoms with Gasteiger partial charge in [-0.3, -0.25) is 10.4 Å². The van der Waals surface area contributed by atoms with Gasteiger partial charge in [-0.05, 0) is 25.9 Å². The Bertz CT molecular complexity index is 135. The van der Waals surface area contributed by atoms with E-state index in [9.17, 15) is 5.11 Å². The third-order valence-corrected chi connectivity index (χ3v) is 2.31. The van der Waals surface area contributed by atoms with Gasteiger partial charge in [0, 0.05) is 27.2 Å². The minimum absolute atomic E-state index is 0.250. The summed E-state index contributed by atoms with van der Waals surface area (Å²) >= 11 is 0. The molecule has 0 aromatic rings. The molecule has 0 spiro atoms. The van der Waals surface area contributed by atoms with Crippen LogP contribution in [0.4, 0.5) is 0 Å². The van der Waals surface area contributed by atoms with Gasteiger partial charge in [-0.25, -0.2) is 0 Å². The van der Waals surface area contributed by atoms with E-state index < -0.39 is 0 Å². The molecule has 0 aromatic carbocycles. The Morgan fingerprint density at radius 3 is 2.54 bits per heavy atom. The number of hydrogen-bond acceptors (Lipinski definition) is 4. The highest BCUT2D eigenvalue weighted by Gasteiger charge is 2.15. The van der Waals surface area contributed by atoms with Crippen molar-refractivity contribution in [3.63, 3.8) is 0 Å². The largest absolute Gasteiger partial charge is 0.390 e. The van der Waals surface area contributed by atoms with Crippen LogP contribution in [0.5, 0.6) is 0 Å². The molecule has 1 heterocycles. The Balaban J connectivity index is 2.05. The fourth-order valence-electron chi connectivity index (χ4n) is 1.62. The molecule has 1 atom stereocenters. The summed E-state index contributed by atoms with van der Waals surface area (Å²) in [7, 11) is 3.87. The molecular formula is C9H21N3O. The van der Waals surface area contributed by atoms with Gasteiger partial charge in [0.2, 0.25) is 0 Å². The van der Waals surface area contributed by atoms with Crippen molar-refractivity contribution < 1.29 is 5.11 Å². The van der Waals surface area contributed by atoms with Crippen LogP contribution in [0, 0.1) is 0 Å². The molecule has 1 aliphatic heterocycles. The van der Waals surface area contributed by atoms with Gasteiger partial charge in [-0.1, -0.05) is 0 Å². The Labute approximate surface area is 80.5 Å². The molecule has 1 saturated heterocycles. The van der Waals surface area contributed by atoms with Gasteiger partial charge in [0.15, 0.2) is 0 Å². The summed E-state index contributed by atoms with van der Waals surface area (Å²) < 4.78 is 0. The predicted octanol–water partition coefficient (Wildman–Crippen LogP) is -0.491. The third kappa shape index (κ3) is 4.57. The van der Waals surface area contributed by atoms with Crippen molar-refractivity contribution in [3.05, 3.63) is 0 Å². The van der Waals surface area contributed by atoms with Gasteiger partial charge in [-0.15, -0.1) is 0 Å². The number of hydrogen-bond donors (Lipinski definition) is 2. The maximum Gasteiger partial charge on any atom is 0.0805 e. The van der Waals surface area contributed by atoms with E-state index in [1.165, 1.54) is 12.8 Å². The molecule has 4 heteroatoms. The number of rotatable bonds is 5. The average molecular weight is 187 g/mol. The topological polar surface area (TPSA) is 38.7 Å². The number of hydrazine groups is 1. The van der Waals surface area contributed by atoms with E-state index in [0.29, 0.717) is 6.54 Å². The molecule has 1 rings (SSSR count). The number of likely N-dealkylation sites (tertiary alicyclic amines) is 1. The zero-order valence-corrected chi connectivity index (χ0v) is 8.66. The van der Waals surface area contributed by atoms with Crippen molar-refractivity contribution in [2.75, 3.05) is 40.3 Å². The first kappa shape index (κ1) is 10.9. The molecule has 1 aliphatic rings. The Kier molecular flexibility index (Phi) is 4.66. The highest BCUT2D eigenvalue weighted by Crippen LogP contribution is 2.07. The molecule has 0 amide bonds. The van der Waals surface area contributed by atoms with Gasteiger partial charge in [0.05, 0.1) is 6.10 Å². The molecule has 0 radical (unpaired) electrons. The van der Waals surface area contributed by atoms with Crippen LogP contribution in [0.3, 0.4) is 0 Å². The molecule has 2 N–H and O–H groups in total. The summed E-state index contributed by atoms with van der Waals surface area (Å²) in [5, 5.41) is 11.5. The summed E-state index contributed by atoms with van der Waals surface area (Å²) in [6, 6.07) is 0. The smallest absolute Gasteiger partial charge is 0.0805 e. The van der Waals surface area contributed by atoms with Crippen LogP contribution >= 0.6 is 0 Å². The fraction of sp³-hybridized carbons (Fsp3) is 1.00. The monoisotopic (exact) mass is 187 g/mol. The standard InChI is InChI=1S/C9H21N3O/c1-11(2)10-7-9(13)8-12-5-3-4-6-12/h9-10,13H,3-8H2,1-2H3. The van der Waals surface area contributed by atoms with Crippen molar-refractivity contribution in [2.24, 2.45) is 0 Å².